The summed E-state index contributed by atoms with van der Waals surface area (Å²) in [5.41, 5.74) is 1.03. The van der Waals surface area contributed by atoms with Crippen LogP contribution in [0.1, 0.15) is 67.1 Å². The molecule has 0 saturated heterocycles. The Labute approximate surface area is 151 Å². The lowest BCUT2D eigenvalue weighted by molar-refractivity contribution is -0.120. The zero-order valence-corrected chi connectivity index (χ0v) is 14.9. The molecule has 3 aliphatic carbocycles. The maximum Gasteiger partial charge on any atom is 0.238 e. The van der Waals surface area contributed by atoms with Crippen LogP contribution in [-0.2, 0) is 4.79 Å². The van der Waals surface area contributed by atoms with Gasteiger partial charge in [-0.05, 0) is 44.1 Å². The molecule has 5 nitrogen and oxygen atoms in total. The van der Waals surface area contributed by atoms with Crippen LogP contribution in [0.15, 0.2) is 35.5 Å². The molecule has 0 bridgehead atoms. The van der Waals surface area contributed by atoms with Gasteiger partial charge < -0.3 is 9.88 Å². The number of nitrogens with one attached hydrogen (secondary N) is 1. The smallest absolute Gasteiger partial charge is 0.238 e. The fourth-order valence-corrected chi connectivity index (χ4v) is 4.30. The first kappa shape index (κ1) is 15.4. The summed E-state index contributed by atoms with van der Waals surface area (Å²) in [6.45, 7) is 0. The third-order valence-electron chi connectivity index (χ3n) is 5.03. The van der Waals surface area contributed by atoms with Crippen molar-refractivity contribution < 1.29 is 4.79 Å². The van der Waals surface area contributed by atoms with Crippen molar-refractivity contribution in [2.24, 2.45) is 0 Å². The minimum atomic E-state index is -0.268. The van der Waals surface area contributed by atoms with E-state index in [1.165, 1.54) is 25.7 Å². The fourth-order valence-electron chi connectivity index (χ4n) is 3.18. The lowest BCUT2D eigenvalue weighted by Gasteiger charge is -2.17. The number of hydrogen-bond donors (Lipinski definition) is 1. The molecule has 0 spiro atoms. The van der Waals surface area contributed by atoms with E-state index in [0.29, 0.717) is 18.0 Å². The molecule has 2 aromatic rings. The van der Waals surface area contributed by atoms with Crippen LogP contribution in [0.5, 0.6) is 0 Å². The molecular formula is C19H22N4OS. The van der Waals surface area contributed by atoms with E-state index in [0.717, 1.165) is 29.4 Å². The van der Waals surface area contributed by atoms with Gasteiger partial charge in [0.25, 0.3) is 0 Å². The number of benzene rings is 1. The SMILES string of the molecule is O=C(NC1CC1)[C@H](Sc1nnc(C2CC2)n1C1CC1)c1ccccc1. The molecule has 3 saturated carbocycles. The van der Waals surface area contributed by atoms with Crippen LogP contribution < -0.4 is 5.32 Å². The third-order valence-corrected chi connectivity index (χ3v) is 6.24. The van der Waals surface area contributed by atoms with Crippen LogP contribution in [0, 0.1) is 0 Å². The van der Waals surface area contributed by atoms with Crippen LogP contribution in [0.2, 0.25) is 0 Å². The Balaban J connectivity index is 1.44. The molecule has 3 fully saturated rings. The maximum atomic E-state index is 12.9. The second-order valence-corrected chi connectivity index (χ2v) is 8.48. The highest BCUT2D eigenvalue weighted by atomic mass is 32.2. The van der Waals surface area contributed by atoms with Crippen LogP contribution >= 0.6 is 11.8 Å². The number of carbonyl (C=O) groups excluding carboxylic acids is 1. The molecule has 1 amide bonds. The Hall–Kier alpha value is -1.82. The number of aromatic nitrogens is 3. The lowest BCUT2D eigenvalue weighted by atomic mass is 10.1. The molecule has 1 aromatic heterocycles. The van der Waals surface area contributed by atoms with E-state index in [2.05, 4.69) is 20.1 Å². The van der Waals surface area contributed by atoms with Gasteiger partial charge in [-0.3, -0.25) is 4.79 Å². The monoisotopic (exact) mass is 354 g/mol. The van der Waals surface area contributed by atoms with Crippen LogP contribution in [0.4, 0.5) is 0 Å². The molecule has 25 heavy (non-hydrogen) atoms. The van der Waals surface area contributed by atoms with E-state index < -0.39 is 0 Å². The Morgan fingerprint density at radius 2 is 1.84 bits per heavy atom. The summed E-state index contributed by atoms with van der Waals surface area (Å²) in [5, 5.41) is 12.8. The average molecular weight is 354 g/mol. The predicted molar refractivity (Wildman–Crippen MR) is 96.5 cm³/mol. The van der Waals surface area contributed by atoms with Gasteiger partial charge in [0.05, 0.1) is 0 Å². The van der Waals surface area contributed by atoms with Gasteiger partial charge in [-0.25, -0.2) is 0 Å². The molecule has 0 unspecified atom stereocenters. The van der Waals surface area contributed by atoms with Gasteiger partial charge in [-0.15, -0.1) is 10.2 Å². The first-order chi connectivity index (χ1) is 12.3. The average Bonchev–Trinajstić information content (AvgIpc) is 3.48. The zero-order valence-electron chi connectivity index (χ0n) is 14.1. The number of carbonyl (C=O) groups is 1. The lowest BCUT2D eigenvalue weighted by Crippen LogP contribution is -2.30. The van der Waals surface area contributed by atoms with E-state index >= 15 is 0 Å². The van der Waals surface area contributed by atoms with Crippen molar-refractivity contribution in [2.45, 2.75) is 66.9 Å². The molecule has 0 radical (unpaired) electrons. The Morgan fingerprint density at radius 1 is 1.08 bits per heavy atom. The Bertz CT molecular complexity index is 778. The van der Waals surface area contributed by atoms with Crippen molar-refractivity contribution >= 4 is 17.7 Å². The largest absolute Gasteiger partial charge is 0.352 e. The highest BCUT2D eigenvalue weighted by Gasteiger charge is 2.38. The van der Waals surface area contributed by atoms with E-state index in [1.807, 2.05) is 30.3 Å². The van der Waals surface area contributed by atoms with Gasteiger partial charge in [0.2, 0.25) is 5.91 Å². The molecular weight excluding hydrogens is 332 g/mol. The third kappa shape index (κ3) is 3.32. The van der Waals surface area contributed by atoms with E-state index in [4.69, 9.17) is 0 Å². The van der Waals surface area contributed by atoms with Gasteiger partial charge >= 0.3 is 0 Å². The first-order valence-corrected chi connectivity index (χ1v) is 10.1. The highest BCUT2D eigenvalue weighted by molar-refractivity contribution is 8.00. The summed E-state index contributed by atoms with van der Waals surface area (Å²) in [6.07, 6.45) is 7.05. The standard InChI is InChI=1S/C19H22N4OS/c24-18(20-14-8-9-14)16(12-4-2-1-3-5-12)25-19-22-21-17(13-6-7-13)23(19)15-10-11-15/h1-5,13-16H,6-11H2,(H,20,24)/t16-/m1/s1. The second kappa shape index (κ2) is 6.16. The summed E-state index contributed by atoms with van der Waals surface area (Å²) in [4.78, 5) is 12.9. The molecule has 3 aliphatic rings. The van der Waals surface area contributed by atoms with Crippen molar-refractivity contribution in [3.05, 3.63) is 41.7 Å². The highest BCUT2D eigenvalue weighted by Crippen LogP contribution is 2.47. The van der Waals surface area contributed by atoms with E-state index in [1.54, 1.807) is 11.8 Å². The van der Waals surface area contributed by atoms with Crippen LogP contribution in [0.3, 0.4) is 0 Å². The van der Waals surface area contributed by atoms with E-state index in [9.17, 15) is 4.79 Å². The predicted octanol–water partition coefficient (Wildman–Crippen LogP) is 3.60. The quantitative estimate of drug-likeness (QED) is 0.772. The van der Waals surface area contributed by atoms with Crippen molar-refractivity contribution in [2.75, 3.05) is 0 Å². The Kier molecular flexibility index (Phi) is 3.81. The van der Waals surface area contributed by atoms with Crippen molar-refractivity contribution in [3.63, 3.8) is 0 Å². The van der Waals surface area contributed by atoms with Crippen LogP contribution in [-0.4, -0.2) is 26.7 Å². The Morgan fingerprint density at radius 3 is 2.48 bits per heavy atom. The molecule has 1 heterocycles. The molecule has 6 heteroatoms. The second-order valence-electron chi connectivity index (χ2n) is 7.41. The van der Waals surface area contributed by atoms with Gasteiger partial charge in [0.1, 0.15) is 11.1 Å². The fraction of sp³-hybridized carbons (Fsp3) is 0.526. The van der Waals surface area contributed by atoms with Gasteiger partial charge in [-0.1, -0.05) is 42.1 Å². The van der Waals surface area contributed by atoms with Gasteiger partial charge in [-0.2, -0.15) is 0 Å². The molecule has 1 N–H and O–H groups in total. The molecule has 130 valence electrons. The van der Waals surface area contributed by atoms with Crippen molar-refractivity contribution in [3.8, 4) is 0 Å². The minimum absolute atomic E-state index is 0.0945. The summed E-state index contributed by atoms with van der Waals surface area (Å²) in [5.74, 6) is 1.81. The number of rotatable bonds is 7. The normalized spacial score (nSPS) is 21.1. The summed E-state index contributed by atoms with van der Waals surface area (Å²) < 4.78 is 2.32. The van der Waals surface area contributed by atoms with Crippen molar-refractivity contribution in [1.82, 2.24) is 20.1 Å². The van der Waals surface area contributed by atoms with Gasteiger partial charge in [0, 0.05) is 18.0 Å². The maximum absolute atomic E-state index is 12.9. The van der Waals surface area contributed by atoms with E-state index in [-0.39, 0.29) is 11.2 Å². The van der Waals surface area contributed by atoms with Crippen molar-refractivity contribution in [1.29, 1.82) is 0 Å². The minimum Gasteiger partial charge on any atom is -0.352 e. The molecule has 0 aliphatic heterocycles. The van der Waals surface area contributed by atoms with Crippen LogP contribution in [0.25, 0.3) is 0 Å². The molecule has 1 atom stereocenters. The number of nitrogens with zero attached hydrogens (tertiary/aromatic N) is 3. The molecule has 5 rings (SSSR count). The topological polar surface area (TPSA) is 59.8 Å². The number of thioether (sulfide) groups is 1. The summed E-state index contributed by atoms with van der Waals surface area (Å²) in [7, 11) is 0. The summed E-state index contributed by atoms with van der Waals surface area (Å²) >= 11 is 1.56. The first-order valence-electron chi connectivity index (χ1n) is 9.26. The number of amides is 1. The molecule has 1 aromatic carbocycles. The number of hydrogen-bond acceptors (Lipinski definition) is 4. The van der Waals surface area contributed by atoms with Gasteiger partial charge in [0.15, 0.2) is 5.16 Å². The summed E-state index contributed by atoms with van der Waals surface area (Å²) in [6, 6.07) is 10.9. The zero-order chi connectivity index (χ0) is 16.8.